The van der Waals surface area contributed by atoms with E-state index in [-0.39, 0.29) is 10.9 Å². The lowest BCUT2D eigenvalue weighted by Crippen LogP contribution is -2.39. The van der Waals surface area contributed by atoms with Crippen molar-refractivity contribution in [1.29, 1.82) is 0 Å². The van der Waals surface area contributed by atoms with Gasteiger partial charge in [0.15, 0.2) is 5.76 Å². The minimum Gasteiger partial charge on any atom is -0.360 e. The lowest BCUT2D eigenvalue weighted by molar-refractivity contribution is 0.288. The predicted octanol–water partition coefficient (Wildman–Crippen LogP) is 2.63. The SMILES string of the molecule is Cc1noc(C)c1S(=O)(=O)N1CCCC1C1CCCC1. The molecule has 112 valence electrons. The van der Waals surface area contributed by atoms with E-state index in [0.717, 1.165) is 25.7 Å². The highest BCUT2D eigenvalue weighted by Crippen LogP contribution is 2.38. The van der Waals surface area contributed by atoms with Gasteiger partial charge in [-0.3, -0.25) is 0 Å². The van der Waals surface area contributed by atoms with Crippen LogP contribution in [0.5, 0.6) is 0 Å². The molecular formula is C14H22N2O3S. The van der Waals surface area contributed by atoms with Crippen molar-refractivity contribution < 1.29 is 12.9 Å². The van der Waals surface area contributed by atoms with Crippen molar-refractivity contribution in [1.82, 2.24) is 9.46 Å². The minimum absolute atomic E-state index is 0.177. The van der Waals surface area contributed by atoms with Crippen LogP contribution >= 0.6 is 0 Å². The van der Waals surface area contributed by atoms with E-state index in [9.17, 15) is 8.42 Å². The fraction of sp³-hybridized carbons (Fsp3) is 0.786. The van der Waals surface area contributed by atoms with Crippen LogP contribution in [0.4, 0.5) is 0 Å². The first kappa shape index (κ1) is 14.1. The molecule has 2 aliphatic rings. The Balaban J connectivity index is 1.94. The Morgan fingerprint density at radius 2 is 1.85 bits per heavy atom. The van der Waals surface area contributed by atoms with Gasteiger partial charge in [0.05, 0.1) is 0 Å². The summed E-state index contributed by atoms with van der Waals surface area (Å²) in [6.45, 7) is 4.01. The number of aryl methyl sites for hydroxylation is 2. The molecule has 6 heteroatoms. The molecule has 1 aliphatic heterocycles. The molecule has 1 aromatic rings. The molecule has 0 N–H and O–H groups in total. The van der Waals surface area contributed by atoms with E-state index >= 15 is 0 Å². The first-order valence-electron chi connectivity index (χ1n) is 7.46. The van der Waals surface area contributed by atoms with E-state index < -0.39 is 10.0 Å². The quantitative estimate of drug-likeness (QED) is 0.860. The number of aromatic nitrogens is 1. The molecule has 1 saturated carbocycles. The van der Waals surface area contributed by atoms with Gasteiger partial charge in [0.2, 0.25) is 10.0 Å². The minimum atomic E-state index is -3.47. The van der Waals surface area contributed by atoms with Crippen molar-refractivity contribution >= 4 is 10.0 Å². The molecule has 0 spiro atoms. The highest BCUT2D eigenvalue weighted by atomic mass is 32.2. The van der Waals surface area contributed by atoms with E-state index in [1.165, 1.54) is 12.8 Å². The average Bonchev–Trinajstić information content (AvgIpc) is 3.08. The van der Waals surface area contributed by atoms with E-state index in [1.807, 2.05) is 0 Å². The van der Waals surface area contributed by atoms with Crippen LogP contribution in [-0.4, -0.2) is 30.5 Å². The van der Waals surface area contributed by atoms with Crippen LogP contribution in [0, 0.1) is 19.8 Å². The molecular weight excluding hydrogens is 276 g/mol. The Hall–Kier alpha value is -0.880. The van der Waals surface area contributed by atoms with Crippen molar-refractivity contribution in [3.63, 3.8) is 0 Å². The Kier molecular flexibility index (Phi) is 3.62. The van der Waals surface area contributed by atoms with Crippen molar-refractivity contribution in [3.8, 4) is 0 Å². The summed E-state index contributed by atoms with van der Waals surface area (Å²) in [5.41, 5.74) is 0.472. The average molecular weight is 298 g/mol. The third kappa shape index (κ3) is 2.19. The summed E-state index contributed by atoms with van der Waals surface area (Å²) in [5, 5.41) is 3.80. The standard InChI is InChI=1S/C14H22N2O3S/c1-10-14(11(2)19-15-10)20(17,18)16-9-5-8-13(16)12-6-3-4-7-12/h12-13H,3-9H2,1-2H3. The first-order valence-corrected chi connectivity index (χ1v) is 8.90. The monoisotopic (exact) mass is 298 g/mol. The van der Waals surface area contributed by atoms with Crippen LogP contribution in [0.1, 0.15) is 50.0 Å². The van der Waals surface area contributed by atoms with Crippen molar-refractivity contribution in [2.75, 3.05) is 6.54 Å². The molecule has 0 bridgehead atoms. The van der Waals surface area contributed by atoms with Gasteiger partial charge < -0.3 is 4.52 Å². The zero-order valence-corrected chi connectivity index (χ0v) is 12.9. The number of hydrogen-bond donors (Lipinski definition) is 0. The third-order valence-corrected chi connectivity index (χ3v) is 6.90. The summed E-state index contributed by atoms with van der Waals surface area (Å²) in [7, 11) is -3.47. The molecule has 2 heterocycles. The zero-order chi connectivity index (χ0) is 14.3. The van der Waals surface area contributed by atoms with Crippen LogP contribution in [0.3, 0.4) is 0 Å². The summed E-state index contributed by atoms with van der Waals surface area (Å²) in [6, 6.07) is 0.177. The van der Waals surface area contributed by atoms with E-state index in [0.29, 0.717) is 23.9 Å². The molecule has 5 nitrogen and oxygen atoms in total. The van der Waals surface area contributed by atoms with Gasteiger partial charge in [-0.1, -0.05) is 18.0 Å². The van der Waals surface area contributed by atoms with Gasteiger partial charge in [-0.05, 0) is 45.4 Å². The van der Waals surface area contributed by atoms with Gasteiger partial charge >= 0.3 is 0 Å². The van der Waals surface area contributed by atoms with Crippen molar-refractivity contribution in [2.24, 2.45) is 5.92 Å². The molecule has 20 heavy (non-hydrogen) atoms. The zero-order valence-electron chi connectivity index (χ0n) is 12.1. The number of rotatable bonds is 3. The maximum absolute atomic E-state index is 12.9. The maximum Gasteiger partial charge on any atom is 0.248 e. The van der Waals surface area contributed by atoms with Gasteiger partial charge in [0, 0.05) is 12.6 Å². The lowest BCUT2D eigenvalue weighted by Gasteiger charge is -2.28. The van der Waals surface area contributed by atoms with Crippen LogP contribution in [-0.2, 0) is 10.0 Å². The molecule has 0 radical (unpaired) electrons. The third-order valence-electron chi connectivity index (χ3n) is 4.73. The molecule has 2 fully saturated rings. The highest BCUT2D eigenvalue weighted by molar-refractivity contribution is 7.89. The molecule has 1 aromatic heterocycles. The van der Waals surface area contributed by atoms with E-state index in [2.05, 4.69) is 5.16 Å². The second kappa shape index (κ2) is 5.15. The Labute approximate surface area is 120 Å². The lowest BCUT2D eigenvalue weighted by atomic mass is 9.97. The number of hydrogen-bond acceptors (Lipinski definition) is 4. The smallest absolute Gasteiger partial charge is 0.248 e. The molecule has 0 aromatic carbocycles. The van der Waals surface area contributed by atoms with Crippen molar-refractivity contribution in [2.45, 2.75) is 63.3 Å². The van der Waals surface area contributed by atoms with Gasteiger partial charge in [-0.2, -0.15) is 4.31 Å². The predicted molar refractivity (Wildman–Crippen MR) is 74.8 cm³/mol. The summed E-state index contributed by atoms with van der Waals surface area (Å²) >= 11 is 0. The molecule has 0 amide bonds. The van der Waals surface area contributed by atoms with Crippen LogP contribution in [0.25, 0.3) is 0 Å². The molecule has 1 unspecified atom stereocenters. The molecule has 1 saturated heterocycles. The summed E-state index contributed by atoms with van der Waals surface area (Å²) in [4.78, 5) is 0.280. The molecule has 1 atom stereocenters. The Morgan fingerprint density at radius 1 is 1.15 bits per heavy atom. The van der Waals surface area contributed by atoms with Crippen molar-refractivity contribution in [3.05, 3.63) is 11.5 Å². The Morgan fingerprint density at radius 3 is 2.45 bits per heavy atom. The fourth-order valence-electron chi connectivity index (χ4n) is 3.84. The maximum atomic E-state index is 12.9. The molecule has 3 rings (SSSR count). The normalized spacial score (nSPS) is 25.6. The summed E-state index contributed by atoms with van der Waals surface area (Å²) < 4.78 is 32.6. The van der Waals surface area contributed by atoms with Gasteiger partial charge in [-0.25, -0.2) is 8.42 Å². The topological polar surface area (TPSA) is 63.4 Å². The van der Waals surface area contributed by atoms with E-state index in [4.69, 9.17) is 4.52 Å². The summed E-state index contributed by atoms with van der Waals surface area (Å²) in [5.74, 6) is 0.937. The first-order chi connectivity index (χ1) is 9.51. The van der Waals surface area contributed by atoms with Crippen LogP contribution < -0.4 is 0 Å². The van der Waals surface area contributed by atoms with Crippen LogP contribution in [0.15, 0.2) is 9.42 Å². The van der Waals surface area contributed by atoms with Gasteiger partial charge in [0.25, 0.3) is 0 Å². The second-order valence-corrected chi connectivity index (χ2v) is 7.85. The Bertz CT molecular complexity index is 568. The second-order valence-electron chi connectivity index (χ2n) is 6.02. The highest BCUT2D eigenvalue weighted by Gasteiger charge is 2.42. The molecule has 1 aliphatic carbocycles. The number of sulfonamides is 1. The van der Waals surface area contributed by atoms with Gasteiger partial charge in [-0.15, -0.1) is 0 Å². The van der Waals surface area contributed by atoms with Crippen LogP contribution in [0.2, 0.25) is 0 Å². The number of nitrogens with zero attached hydrogens (tertiary/aromatic N) is 2. The fourth-order valence-corrected chi connectivity index (χ4v) is 5.89. The van der Waals surface area contributed by atoms with Gasteiger partial charge in [0.1, 0.15) is 10.6 Å². The summed E-state index contributed by atoms with van der Waals surface area (Å²) in [6.07, 6.45) is 6.76. The van der Waals surface area contributed by atoms with E-state index in [1.54, 1.807) is 18.2 Å². The largest absolute Gasteiger partial charge is 0.360 e.